The zero-order chi connectivity index (χ0) is 8.53. The lowest BCUT2D eigenvalue weighted by atomic mass is 10.2. The highest BCUT2D eigenvalue weighted by atomic mass is 31.0. The van der Waals surface area contributed by atoms with Crippen molar-refractivity contribution in [3.05, 3.63) is 0 Å². The second-order valence-electron chi connectivity index (χ2n) is 2.39. The molecule has 0 rings (SSSR count). The van der Waals surface area contributed by atoms with Crippen molar-refractivity contribution in [1.29, 1.82) is 0 Å². The van der Waals surface area contributed by atoms with Gasteiger partial charge in [0.25, 0.3) is 0 Å². The fourth-order valence-electron chi connectivity index (χ4n) is 0.784. The lowest BCUT2D eigenvalue weighted by Crippen LogP contribution is -2.22. The first-order valence-corrected chi connectivity index (χ1v) is 4.43. The maximum atomic E-state index is 10.5. The Morgan fingerprint density at radius 3 is 2.73 bits per heavy atom. The number of carbonyl (C=O) groups is 1. The van der Waals surface area contributed by atoms with Gasteiger partial charge in [0, 0.05) is 6.54 Å². The first-order valence-electron chi connectivity index (χ1n) is 3.95. The van der Waals surface area contributed by atoms with Crippen molar-refractivity contribution in [3.8, 4) is 0 Å². The molecule has 0 aliphatic carbocycles. The molecule has 0 fully saturated rings. The van der Waals surface area contributed by atoms with Gasteiger partial charge in [-0.15, -0.1) is 0 Å². The number of nitrogens with one attached hydrogen (secondary N) is 1. The number of amides is 1. The Kier molecular flexibility index (Phi) is 7.59. The summed E-state index contributed by atoms with van der Waals surface area (Å²) in [4.78, 5) is 10.5. The average Bonchev–Trinajstić information content (AvgIpc) is 2.04. The van der Waals surface area contributed by atoms with E-state index in [1.54, 1.807) is 0 Å². The highest BCUT2D eigenvalue weighted by Gasteiger charge is 1.95. The molecule has 1 N–H and O–H groups in total. The molecular formula is C7H16NO2P. The fourth-order valence-corrected chi connectivity index (χ4v) is 0.867. The molecule has 11 heavy (non-hydrogen) atoms. The summed E-state index contributed by atoms with van der Waals surface area (Å²) in [6.45, 7) is 2.87. The predicted molar refractivity (Wildman–Crippen MR) is 48.3 cm³/mol. The van der Waals surface area contributed by atoms with Crippen molar-refractivity contribution < 1.29 is 9.32 Å². The zero-order valence-corrected chi connectivity index (χ0v) is 8.08. The summed E-state index contributed by atoms with van der Waals surface area (Å²) < 4.78 is 4.32. The van der Waals surface area contributed by atoms with Crippen molar-refractivity contribution in [2.75, 3.05) is 6.54 Å². The largest absolute Gasteiger partial charge is 0.435 e. The summed E-state index contributed by atoms with van der Waals surface area (Å²) in [5.41, 5.74) is 0. The van der Waals surface area contributed by atoms with Crippen LogP contribution in [0.3, 0.4) is 0 Å². The molecule has 4 heteroatoms. The third-order valence-corrected chi connectivity index (χ3v) is 1.62. The van der Waals surface area contributed by atoms with E-state index in [2.05, 4.69) is 16.8 Å². The van der Waals surface area contributed by atoms with E-state index in [-0.39, 0.29) is 6.09 Å². The minimum absolute atomic E-state index is 0.369. The number of hydrogen-bond donors (Lipinski definition) is 1. The molecule has 66 valence electrons. The van der Waals surface area contributed by atoms with Crippen molar-refractivity contribution in [1.82, 2.24) is 5.32 Å². The lowest BCUT2D eigenvalue weighted by molar-refractivity contribution is 0.208. The molecule has 0 aromatic heterocycles. The van der Waals surface area contributed by atoms with E-state index in [0.717, 1.165) is 6.42 Å². The van der Waals surface area contributed by atoms with Crippen molar-refractivity contribution >= 4 is 15.6 Å². The number of rotatable bonds is 5. The highest BCUT2D eigenvalue weighted by molar-refractivity contribution is 7.10. The van der Waals surface area contributed by atoms with Gasteiger partial charge in [0.05, 0.1) is 9.47 Å². The Morgan fingerprint density at radius 2 is 2.18 bits per heavy atom. The molecule has 0 saturated carbocycles. The summed E-state index contributed by atoms with van der Waals surface area (Å²) in [5.74, 6) is 0. The van der Waals surface area contributed by atoms with Gasteiger partial charge in [-0.1, -0.05) is 26.2 Å². The third kappa shape index (κ3) is 7.60. The molecule has 0 heterocycles. The zero-order valence-electron chi connectivity index (χ0n) is 6.93. The van der Waals surface area contributed by atoms with E-state index in [9.17, 15) is 4.79 Å². The van der Waals surface area contributed by atoms with Gasteiger partial charge in [-0.25, -0.2) is 4.79 Å². The second-order valence-corrected chi connectivity index (χ2v) is 2.63. The first kappa shape index (κ1) is 10.7. The van der Waals surface area contributed by atoms with Gasteiger partial charge in [-0.2, -0.15) is 0 Å². The Bertz CT molecular complexity index is 109. The van der Waals surface area contributed by atoms with E-state index in [1.165, 1.54) is 19.3 Å². The van der Waals surface area contributed by atoms with E-state index < -0.39 is 0 Å². The topological polar surface area (TPSA) is 38.3 Å². The second kappa shape index (κ2) is 7.80. The summed E-state index contributed by atoms with van der Waals surface area (Å²) >= 11 is 0. The number of hydrogen-bond acceptors (Lipinski definition) is 2. The van der Waals surface area contributed by atoms with Gasteiger partial charge in [0.15, 0.2) is 0 Å². The molecule has 1 amide bonds. The van der Waals surface area contributed by atoms with Crippen LogP contribution in [-0.2, 0) is 4.52 Å². The molecule has 1 atom stereocenters. The van der Waals surface area contributed by atoms with Crippen LogP contribution in [-0.4, -0.2) is 12.6 Å². The Morgan fingerprint density at radius 1 is 1.45 bits per heavy atom. The highest BCUT2D eigenvalue weighted by Crippen LogP contribution is 1.97. The van der Waals surface area contributed by atoms with Gasteiger partial charge in [0.1, 0.15) is 0 Å². The minimum Gasteiger partial charge on any atom is -0.435 e. The SMILES string of the molecule is CCCCCCNC(=O)OP. The molecule has 0 radical (unpaired) electrons. The van der Waals surface area contributed by atoms with Crippen LogP contribution in [0.2, 0.25) is 0 Å². The average molecular weight is 177 g/mol. The van der Waals surface area contributed by atoms with E-state index in [0.29, 0.717) is 6.54 Å². The maximum Gasteiger partial charge on any atom is 0.409 e. The molecule has 1 unspecified atom stereocenters. The van der Waals surface area contributed by atoms with E-state index in [4.69, 9.17) is 0 Å². The van der Waals surface area contributed by atoms with Crippen LogP contribution in [0.25, 0.3) is 0 Å². The van der Waals surface area contributed by atoms with Crippen molar-refractivity contribution in [2.24, 2.45) is 0 Å². The van der Waals surface area contributed by atoms with Crippen molar-refractivity contribution in [3.63, 3.8) is 0 Å². The van der Waals surface area contributed by atoms with E-state index >= 15 is 0 Å². The van der Waals surface area contributed by atoms with Crippen LogP contribution >= 0.6 is 9.47 Å². The third-order valence-electron chi connectivity index (χ3n) is 1.41. The fraction of sp³-hybridized carbons (Fsp3) is 0.857. The Labute approximate surface area is 70.2 Å². The smallest absolute Gasteiger partial charge is 0.409 e. The molecule has 0 aromatic rings. The summed E-state index contributed by atoms with van der Waals surface area (Å²) in [6.07, 6.45) is 4.29. The lowest BCUT2D eigenvalue weighted by Gasteiger charge is -2.01. The van der Waals surface area contributed by atoms with Gasteiger partial charge in [-0.3, -0.25) is 0 Å². The van der Waals surface area contributed by atoms with Gasteiger partial charge in [-0.05, 0) is 6.42 Å². The summed E-state index contributed by atoms with van der Waals surface area (Å²) in [6, 6.07) is 0. The molecule has 0 bridgehead atoms. The monoisotopic (exact) mass is 177 g/mol. The van der Waals surface area contributed by atoms with Crippen LogP contribution in [0.4, 0.5) is 4.79 Å². The van der Waals surface area contributed by atoms with Crippen LogP contribution in [0, 0.1) is 0 Å². The van der Waals surface area contributed by atoms with Crippen LogP contribution in [0.5, 0.6) is 0 Å². The van der Waals surface area contributed by atoms with Crippen LogP contribution in [0.1, 0.15) is 32.6 Å². The Balaban J connectivity index is 2.95. The number of carbonyl (C=O) groups excluding carboxylic acids is 1. The van der Waals surface area contributed by atoms with Crippen molar-refractivity contribution in [2.45, 2.75) is 32.6 Å². The molecule has 0 aliphatic heterocycles. The molecule has 0 spiro atoms. The van der Waals surface area contributed by atoms with Gasteiger partial charge < -0.3 is 9.84 Å². The van der Waals surface area contributed by atoms with Crippen LogP contribution < -0.4 is 5.32 Å². The standard InChI is InChI=1S/C7H16NO2P/c1-2-3-4-5-6-8-7(9)10-11/h2-6,11H2,1H3,(H,8,9). The van der Waals surface area contributed by atoms with Gasteiger partial charge >= 0.3 is 6.09 Å². The molecule has 0 aliphatic rings. The number of unbranched alkanes of at least 4 members (excludes halogenated alkanes) is 3. The Hall–Kier alpha value is -0.300. The molecule has 0 saturated heterocycles. The molecule has 0 aromatic carbocycles. The molecule has 3 nitrogen and oxygen atoms in total. The van der Waals surface area contributed by atoms with Gasteiger partial charge in [0.2, 0.25) is 0 Å². The predicted octanol–water partition coefficient (Wildman–Crippen LogP) is 2.08. The molecular weight excluding hydrogens is 161 g/mol. The minimum atomic E-state index is -0.369. The first-order chi connectivity index (χ1) is 5.31. The summed E-state index contributed by atoms with van der Waals surface area (Å²) in [7, 11) is 1.91. The quantitative estimate of drug-likeness (QED) is 0.515. The maximum absolute atomic E-state index is 10.5. The van der Waals surface area contributed by atoms with E-state index in [1.807, 2.05) is 9.47 Å². The normalized spacial score (nSPS) is 9.27. The summed E-state index contributed by atoms with van der Waals surface area (Å²) in [5, 5.41) is 2.61. The van der Waals surface area contributed by atoms with Crippen LogP contribution in [0.15, 0.2) is 0 Å².